The van der Waals surface area contributed by atoms with Crippen LogP contribution in [0.15, 0.2) is 54.9 Å². The summed E-state index contributed by atoms with van der Waals surface area (Å²) in [6.45, 7) is 5.33. The number of amides is 2. The first-order chi connectivity index (χ1) is 16.4. The Morgan fingerprint density at radius 2 is 1.74 bits per heavy atom. The van der Waals surface area contributed by atoms with Crippen molar-refractivity contribution in [2.45, 2.75) is 38.6 Å². The van der Waals surface area contributed by atoms with Crippen molar-refractivity contribution in [3.63, 3.8) is 0 Å². The average Bonchev–Trinajstić information content (AvgIpc) is 2.84. The van der Waals surface area contributed by atoms with E-state index in [1.54, 1.807) is 18.2 Å². The van der Waals surface area contributed by atoms with Gasteiger partial charge in [-0.05, 0) is 68.5 Å². The van der Waals surface area contributed by atoms with E-state index in [2.05, 4.69) is 37.9 Å². The second-order valence-corrected chi connectivity index (χ2v) is 8.75. The molecule has 4 rings (SSSR count). The Morgan fingerprint density at radius 3 is 2.38 bits per heavy atom. The molecule has 34 heavy (non-hydrogen) atoms. The molecule has 1 saturated heterocycles. The van der Waals surface area contributed by atoms with E-state index in [1.165, 1.54) is 18.0 Å². The maximum Gasteiger partial charge on any atom is 0.258 e. The van der Waals surface area contributed by atoms with Crippen LogP contribution in [0.5, 0.6) is 0 Å². The van der Waals surface area contributed by atoms with Crippen LogP contribution in [0.25, 0.3) is 0 Å². The Labute approximate surface area is 198 Å². The summed E-state index contributed by atoms with van der Waals surface area (Å²) >= 11 is 0. The third-order valence-corrected chi connectivity index (χ3v) is 5.80. The number of pyridine rings is 1. The Morgan fingerprint density at radius 1 is 1.00 bits per heavy atom. The fourth-order valence-electron chi connectivity index (χ4n) is 4.01. The summed E-state index contributed by atoms with van der Waals surface area (Å²) in [6, 6.07) is 13.2. The number of carbonyl (C=O) groups excluding carboxylic acids is 2. The number of hydrogen-bond donors (Lipinski definition) is 3. The summed E-state index contributed by atoms with van der Waals surface area (Å²) in [5, 5.41) is 13.7. The number of hydrogen-bond acceptors (Lipinski definition) is 7. The van der Waals surface area contributed by atoms with Crippen LogP contribution in [-0.2, 0) is 0 Å². The van der Waals surface area contributed by atoms with Crippen molar-refractivity contribution in [2.75, 3.05) is 29.5 Å². The molecule has 0 bridgehead atoms. The van der Waals surface area contributed by atoms with Gasteiger partial charge in [-0.25, -0.2) is 4.98 Å². The summed E-state index contributed by atoms with van der Waals surface area (Å²) in [6.07, 6.45) is 4.69. The molecule has 3 heterocycles. The van der Waals surface area contributed by atoms with E-state index >= 15 is 0 Å². The number of piperidine rings is 1. The highest BCUT2D eigenvalue weighted by Gasteiger charge is 2.25. The van der Waals surface area contributed by atoms with Gasteiger partial charge in [-0.15, -0.1) is 5.10 Å². The molecule has 0 atom stereocenters. The van der Waals surface area contributed by atoms with Crippen molar-refractivity contribution in [3.05, 3.63) is 71.5 Å². The number of carbonyl (C=O) groups is 2. The number of nitrogens with two attached hydrogens (primary N) is 1. The standard InChI is InChI=1S/C25H29N7O2/c1-16(2)29-22-8-5-19(14-27-22)24(33)30-23-13-20(15-28-31-23)25(34)32-11-9-18(10-12-32)17-3-6-21(26)7-4-17/h3-8,13-16,18H,9-12,26H2,1-2H3,(H,27,29)(H,30,31,33). The number of nitrogens with one attached hydrogen (secondary N) is 2. The molecule has 9 heteroatoms. The van der Waals surface area contributed by atoms with Crippen LogP contribution >= 0.6 is 0 Å². The molecule has 0 spiro atoms. The smallest absolute Gasteiger partial charge is 0.258 e. The van der Waals surface area contributed by atoms with Gasteiger partial charge >= 0.3 is 0 Å². The maximum atomic E-state index is 13.0. The largest absolute Gasteiger partial charge is 0.399 e. The molecule has 1 aliphatic rings. The van der Waals surface area contributed by atoms with Crippen molar-refractivity contribution in [3.8, 4) is 0 Å². The quantitative estimate of drug-likeness (QED) is 0.481. The van der Waals surface area contributed by atoms with Gasteiger partial charge in [0.25, 0.3) is 11.8 Å². The van der Waals surface area contributed by atoms with Gasteiger partial charge in [-0.1, -0.05) is 12.1 Å². The number of rotatable bonds is 6. The number of aromatic nitrogens is 3. The molecule has 0 saturated carbocycles. The van der Waals surface area contributed by atoms with E-state index in [4.69, 9.17) is 5.73 Å². The number of likely N-dealkylation sites (tertiary alicyclic amines) is 1. The second-order valence-electron chi connectivity index (χ2n) is 8.75. The van der Waals surface area contributed by atoms with Crippen molar-refractivity contribution in [1.82, 2.24) is 20.1 Å². The van der Waals surface area contributed by atoms with Crippen LogP contribution in [0.2, 0.25) is 0 Å². The molecule has 1 aliphatic heterocycles. The van der Waals surface area contributed by atoms with Crippen LogP contribution in [0.1, 0.15) is 58.9 Å². The van der Waals surface area contributed by atoms with E-state index in [-0.39, 0.29) is 23.7 Å². The number of nitrogens with zero attached hydrogens (tertiary/aromatic N) is 4. The minimum atomic E-state index is -0.369. The Balaban J connectivity index is 1.36. The predicted octanol–water partition coefficient (Wildman–Crippen LogP) is 3.55. The van der Waals surface area contributed by atoms with Gasteiger partial charge in [0.2, 0.25) is 0 Å². The van der Waals surface area contributed by atoms with Crippen LogP contribution in [0, 0.1) is 0 Å². The second kappa shape index (κ2) is 10.3. The maximum absolute atomic E-state index is 13.0. The first kappa shape index (κ1) is 23.2. The normalized spacial score (nSPS) is 14.1. The molecule has 1 fully saturated rings. The van der Waals surface area contributed by atoms with E-state index in [0.29, 0.717) is 36.0 Å². The topological polar surface area (TPSA) is 126 Å². The minimum absolute atomic E-state index is 0.119. The molecule has 3 aromatic rings. The molecule has 4 N–H and O–H groups in total. The zero-order valence-corrected chi connectivity index (χ0v) is 19.4. The number of anilines is 3. The summed E-state index contributed by atoms with van der Waals surface area (Å²) < 4.78 is 0. The highest BCUT2D eigenvalue weighted by molar-refractivity contribution is 6.04. The van der Waals surface area contributed by atoms with Crippen molar-refractivity contribution in [1.29, 1.82) is 0 Å². The fourth-order valence-corrected chi connectivity index (χ4v) is 4.01. The third kappa shape index (κ3) is 5.67. The van der Waals surface area contributed by atoms with Crippen LogP contribution in [0.3, 0.4) is 0 Å². The minimum Gasteiger partial charge on any atom is -0.399 e. The molecular formula is C25H29N7O2. The molecule has 2 aromatic heterocycles. The summed E-state index contributed by atoms with van der Waals surface area (Å²) in [7, 11) is 0. The van der Waals surface area contributed by atoms with Crippen molar-refractivity contribution < 1.29 is 9.59 Å². The SMILES string of the molecule is CC(C)Nc1ccc(C(=O)Nc2cc(C(=O)N3CCC(c4ccc(N)cc4)CC3)cnn2)cn1. The highest BCUT2D eigenvalue weighted by atomic mass is 16.2. The first-order valence-corrected chi connectivity index (χ1v) is 11.4. The molecule has 2 amide bonds. The average molecular weight is 460 g/mol. The summed E-state index contributed by atoms with van der Waals surface area (Å²) in [5.41, 5.74) is 8.56. The predicted molar refractivity (Wildman–Crippen MR) is 132 cm³/mol. The van der Waals surface area contributed by atoms with Crippen molar-refractivity contribution >= 4 is 29.1 Å². The molecule has 0 aliphatic carbocycles. The molecule has 1 aromatic carbocycles. The Bertz CT molecular complexity index is 1140. The van der Waals surface area contributed by atoms with E-state index in [9.17, 15) is 9.59 Å². The van der Waals surface area contributed by atoms with Gasteiger partial charge in [0.15, 0.2) is 5.82 Å². The molecule has 0 radical (unpaired) electrons. The lowest BCUT2D eigenvalue weighted by Gasteiger charge is -2.32. The fraction of sp³-hybridized carbons (Fsp3) is 0.320. The summed E-state index contributed by atoms with van der Waals surface area (Å²) in [4.78, 5) is 31.7. The van der Waals surface area contributed by atoms with Gasteiger partial charge in [-0.2, -0.15) is 5.10 Å². The van der Waals surface area contributed by atoms with Crippen LogP contribution < -0.4 is 16.4 Å². The van der Waals surface area contributed by atoms with E-state index in [0.717, 1.165) is 18.5 Å². The molecular weight excluding hydrogens is 430 g/mol. The zero-order valence-electron chi connectivity index (χ0n) is 19.4. The zero-order chi connectivity index (χ0) is 24.1. The van der Waals surface area contributed by atoms with Gasteiger partial charge in [0.05, 0.1) is 17.3 Å². The van der Waals surface area contributed by atoms with E-state index in [1.807, 2.05) is 30.9 Å². The first-order valence-electron chi connectivity index (χ1n) is 11.4. The van der Waals surface area contributed by atoms with Crippen molar-refractivity contribution in [2.24, 2.45) is 0 Å². The highest BCUT2D eigenvalue weighted by Crippen LogP contribution is 2.29. The summed E-state index contributed by atoms with van der Waals surface area (Å²) in [5.74, 6) is 0.834. The van der Waals surface area contributed by atoms with Gasteiger partial charge in [0, 0.05) is 31.0 Å². The molecule has 0 unspecified atom stereocenters. The lowest BCUT2D eigenvalue weighted by Crippen LogP contribution is -2.38. The lowest BCUT2D eigenvalue weighted by molar-refractivity contribution is 0.0712. The number of benzene rings is 1. The van der Waals surface area contributed by atoms with E-state index < -0.39 is 0 Å². The van der Waals surface area contributed by atoms with Gasteiger partial charge in [-0.3, -0.25) is 9.59 Å². The monoisotopic (exact) mass is 459 g/mol. The molecule has 176 valence electrons. The third-order valence-electron chi connectivity index (χ3n) is 5.80. The number of nitrogen functional groups attached to an aromatic ring is 1. The Hall–Kier alpha value is -4.01. The lowest BCUT2D eigenvalue weighted by atomic mass is 9.89. The van der Waals surface area contributed by atoms with Gasteiger partial charge < -0.3 is 21.3 Å². The van der Waals surface area contributed by atoms with Gasteiger partial charge in [0.1, 0.15) is 5.82 Å². The van der Waals surface area contributed by atoms with Crippen LogP contribution in [-0.4, -0.2) is 51.0 Å². The van der Waals surface area contributed by atoms with Crippen LogP contribution in [0.4, 0.5) is 17.3 Å². The molecule has 9 nitrogen and oxygen atoms in total. The Kier molecular flexibility index (Phi) is 7.01.